The highest BCUT2D eigenvalue weighted by molar-refractivity contribution is 5.76. The fourth-order valence-corrected chi connectivity index (χ4v) is 3.75. The number of amides is 1. The highest BCUT2D eigenvalue weighted by Crippen LogP contribution is 2.24. The quantitative estimate of drug-likeness (QED) is 0.773. The summed E-state index contributed by atoms with van der Waals surface area (Å²) in [5, 5.41) is 0. The highest BCUT2D eigenvalue weighted by Gasteiger charge is 2.25. The number of ether oxygens (including phenoxy) is 2. The summed E-state index contributed by atoms with van der Waals surface area (Å²) in [6, 6.07) is 12.2. The van der Waals surface area contributed by atoms with E-state index in [2.05, 4.69) is 4.90 Å². The minimum absolute atomic E-state index is 0.157. The van der Waals surface area contributed by atoms with Crippen molar-refractivity contribution in [2.45, 2.75) is 12.5 Å². The Morgan fingerprint density at radius 3 is 2.76 bits per heavy atom. The molecule has 6 nitrogen and oxygen atoms in total. The standard InChI is InChI=1S/C22H26FN3O3/c23-18-4-1-3-17(15-18)19-5-2-6-20(24-19)21-16-25(9-14-29-21)8-7-22(27)26-10-12-28-13-11-26/h1-6,15,21H,7-14,16H2. The summed E-state index contributed by atoms with van der Waals surface area (Å²) in [7, 11) is 0. The van der Waals surface area contributed by atoms with Crippen LogP contribution in [0.2, 0.25) is 0 Å². The fraction of sp³-hybridized carbons (Fsp3) is 0.455. The second kappa shape index (κ2) is 9.43. The third kappa shape index (κ3) is 5.18. The van der Waals surface area contributed by atoms with Crippen molar-refractivity contribution in [1.82, 2.24) is 14.8 Å². The molecular formula is C22H26FN3O3. The van der Waals surface area contributed by atoms with Crippen molar-refractivity contribution in [3.05, 3.63) is 54.0 Å². The molecule has 2 aliphatic rings. The summed E-state index contributed by atoms with van der Waals surface area (Å²) >= 11 is 0. The lowest BCUT2D eigenvalue weighted by atomic mass is 10.1. The molecule has 0 N–H and O–H groups in total. The van der Waals surface area contributed by atoms with E-state index in [1.165, 1.54) is 12.1 Å². The SMILES string of the molecule is O=C(CCN1CCOC(c2cccc(-c3cccc(F)c3)n2)C1)N1CCOCC1. The van der Waals surface area contributed by atoms with Crippen LogP contribution in [0.4, 0.5) is 4.39 Å². The van der Waals surface area contributed by atoms with Gasteiger partial charge in [-0.3, -0.25) is 14.7 Å². The zero-order valence-electron chi connectivity index (χ0n) is 16.4. The molecule has 0 aliphatic carbocycles. The molecule has 0 radical (unpaired) electrons. The maximum absolute atomic E-state index is 13.5. The predicted molar refractivity (Wildman–Crippen MR) is 107 cm³/mol. The van der Waals surface area contributed by atoms with Crippen molar-refractivity contribution in [1.29, 1.82) is 0 Å². The molecule has 2 aliphatic heterocycles. The van der Waals surface area contributed by atoms with Crippen LogP contribution in [-0.2, 0) is 14.3 Å². The van der Waals surface area contributed by atoms with Crippen molar-refractivity contribution in [2.75, 3.05) is 52.5 Å². The van der Waals surface area contributed by atoms with Gasteiger partial charge in [-0.05, 0) is 24.3 Å². The lowest BCUT2D eigenvalue weighted by Crippen LogP contribution is -2.44. The lowest BCUT2D eigenvalue weighted by molar-refractivity contribution is -0.136. The number of hydrogen-bond donors (Lipinski definition) is 0. The molecule has 3 heterocycles. The summed E-state index contributed by atoms with van der Waals surface area (Å²) in [4.78, 5) is 21.2. The molecule has 1 aromatic heterocycles. The Kier molecular flexibility index (Phi) is 6.49. The minimum atomic E-state index is -0.278. The van der Waals surface area contributed by atoms with E-state index in [-0.39, 0.29) is 17.8 Å². The number of morpholine rings is 2. The Morgan fingerprint density at radius 2 is 1.93 bits per heavy atom. The van der Waals surface area contributed by atoms with Crippen LogP contribution in [-0.4, -0.2) is 73.2 Å². The van der Waals surface area contributed by atoms with E-state index in [1.807, 2.05) is 29.2 Å². The van der Waals surface area contributed by atoms with E-state index in [4.69, 9.17) is 14.5 Å². The van der Waals surface area contributed by atoms with Gasteiger partial charge in [-0.1, -0.05) is 18.2 Å². The average Bonchev–Trinajstić information content (AvgIpc) is 2.78. The van der Waals surface area contributed by atoms with Crippen molar-refractivity contribution in [3.8, 4) is 11.3 Å². The molecule has 4 rings (SSSR count). The first-order chi connectivity index (χ1) is 14.2. The summed E-state index contributed by atoms with van der Waals surface area (Å²) < 4.78 is 24.8. The highest BCUT2D eigenvalue weighted by atomic mass is 19.1. The van der Waals surface area contributed by atoms with Crippen LogP contribution >= 0.6 is 0 Å². The third-order valence-electron chi connectivity index (χ3n) is 5.38. The number of benzene rings is 1. The Bertz CT molecular complexity index is 842. The van der Waals surface area contributed by atoms with Gasteiger partial charge in [0.1, 0.15) is 11.9 Å². The number of aromatic nitrogens is 1. The van der Waals surface area contributed by atoms with E-state index in [0.29, 0.717) is 52.4 Å². The molecule has 2 saturated heterocycles. The largest absolute Gasteiger partial charge is 0.378 e. The molecule has 29 heavy (non-hydrogen) atoms. The number of nitrogens with zero attached hydrogens (tertiary/aromatic N) is 3. The smallest absolute Gasteiger partial charge is 0.224 e. The van der Waals surface area contributed by atoms with E-state index in [1.54, 1.807) is 6.07 Å². The molecule has 1 aromatic carbocycles. The van der Waals surface area contributed by atoms with E-state index in [0.717, 1.165) is 23.5 Å². The van der Waals surface area contributed by atoms with E-state index >= 15 is 0 Å². The number of halogens is 1. The van der Waals surface area contributed by atoms with Gasteiger partial charge in [-0.25, -0.2) is 4.39 Å². The molecule has 2 fully saturated rings. The first-order valence-corrected chi connectivity index (χ1v) is 10.1. The lowest BCUT2D eigenvalue weighted by Gasteiger charge is -2.33. The molecule has 1 unspecified atom stereocenters. The summed E-state index contributed by atoms with van der Waals surface area (Å²) in [6.07, 6.45) is 0.347. The van der Waals surface area contributed by atoms with Gasteiger partial charge < -0.3 is 14.4 Å². The van der Waals surface area contributed by atoms with Crippen molar-refractivity contribution >= 4 is 5.91 Å². The summed E-state index contributed by atoms with van der Waals surface area (Å²) in [5.41, 5.74) is 2.30. The van der Waals surface area contributed by atoms with Gasteiger partial charge in [0.15, 0.2) is 0 Å². The Labute approximate surface area is 170 Å². The number of carbonyl (C=O) groups is 1. The fourth-order valence-electron chi connectivity index (χ4n) is 3.75. The van der Waals surface area contributed by atoms with Crippen LogP contribution in [0, 0.1) is 5.82 Å². The van der Waals surface area contributed by atoms with Gasteiger partial charge in [0.25, 0.3) is 0 Å². The van der Waals surface area contributed by atoms with E-state index < -0.39 is 0 Å². The van der Waals surface area contributed by atoms with Crippen LogP contribution in [0.5, 0.6) is 0 Å². The van der Waals surface area contributed by atoms with Crippen molar-refractivity contribution < 1.29 is 18.7 Å². The zero-order valence-corrected chi connectivity index (χ0v) is 16.4. The van der Waals surface area contributed by atoms with Crippen LogP contribution in [0.3, 0.4) is 0 Å². The van der Waals surface area contributed by atoms with Crippen LogP contribution < -0.4 is 0 Å². The second-order valence-corrected chi connectivity index (χ2v) is 7.36. The van der Waals surface area contributed by atoms with Gasteiger partial charge in [0, 0.05) is 44.7 Å². The molecule has 154 valence electrons. The number of carbonyl (C=O) groups excluding carboxylic acids is 1. The van der Waals surface area contributed by atoms with E-state index in [9.17, 15) is 9.18 Å². The maximum Gasteiger partial charge on any atom is 0.224 e. The van der Waals surface area contributed by atoms with Gasteiger partial charge >= 0.3 is 0 Å². The average molecular weight is 399 g/mol. The predicted octanol–water partition coefficient (Wildman–Crippen LogP) is 2.51. The number of hydrogen-bond acceptors (Lipinski definition) is 5. The van der Waals surface area contributed by atoms with Gasteiger partial charge in [-0.15, -0.1) is 0 Å². The second-order valence-electron chi connectivity index (χ2n) is 7.36. The first kappa shape index (κ1) is 19.9. The topological polar surface area (TPSA) is 54.9 Å². The Balaban J connectivity index is 1.37. The number of pyridine rings is 1. The van der Waals surface area contributed by atoms with Crippen molar-refractivity contribution in [2.24, 2.45) is 0 Å². The zero-order chi connectivity index (χ0) is 20.1. The van der Waals surface area contributed by atoms with Crippen molar-refractivity contribution in [3.63, 3.8) is 0 Å². The molecule has 2 aromatic rings. The summed E-state index contributed by atoms with van der Waals surface area (Å²) in [6.45, 7) is 5.41. The molecular weight excluding hydrogens is 373 g/mol. The van der Waals surface area contributed by atoms with Gasteiger partial charge in [0.2, 0.25) is 5.91 Å². The first-order valence-electron chi connectivity index (χ1n) is 10.1. The minimum Gasteiger partial charge on any atom is -0.378 e. The molecule has 0 saturated carbocycles. The monoisotopic (exact) mass is 399 g/mol. The molecule has 0 spiro atoms. The molecule has 7 heteroatoms. The third-order valence-corrected chi connectivity index (χ3v) is 5.38. The molecule has 0 bridgehead atoms. The summed E-state index contributed by atoms with van der Waals surface area (Å²) in [5.74, 6) is -0.0951. The van der Waals surface area contributed by atoms with Gasteiger partial charge in [0.05, 0.1) is 31.2 Å². The van der Waals surface area contributed by atoms with Crippen LogP contribution in [0.25, 0.3) is 11.3 Å². The van der Waals surface area contributed by atoms with Crippen LogP contribution in [0.15, 0.2) is 42.5 Å². The Hall–Kier alpha value is -2.35. The Morgan fingerprint density at radius 1 is 1.10 bits per heavy atom. The molecule has 1 amide bonds. The molecule has 1 atom stereocenters. The van der Waals surface area contributed by atoms with Crippen LogP contribution in [0.1, 0.15) is 18.2 Å². The number of rotatable bonds is 5. The maximum atomic E-state index is 13.5. The van der Waals surface area contributed by atoms with Gasteiger partial charge in [-0.2, -0.15) is 0 Å². The normalized spacial score (nSPS) is 20.6.